The largest absolute Gasteiger partial charge is 0.493 e. The number of ether oxygens (including phenoxy) is 2. The van der Waals surface area contributed by atoms with Crippen molar-refractivity contribution in [2.75, 3.05) is 13.7 Å². The molecule has 0 atom stereocenters. The van der Waals surface area contributed by atoms with Crippen molar-refractivity contribution in [3.8, 4) is 11.5 Å². The maximum absolute atomic E-state index is 5.72. The predicted octanol–water partition coefficient (Wildman–Crippen LogP) is 4.01. The molecule has 114 valence electrons. The van der Waals surface area contributed by atoms with Gasteiger partial charge in [0, 0.05) is 6.54 Å². The SMILES string of the molecule is CCC(CC)CNCc1ccc(OC(C)C)c(OC)c1. The molecule has 0 saturated carbocycles. The van der Waals surface area contributed by atoms with Crippen LogP contribution in [0.5, 0.6) is 11.5 Å². The Balaban J connectivity index is 2.59. The predicted molar refractivity (Wildman–Crippen MR) is 84.5 cm³/mol. The highest BCUT2D eigenvalue weighted by Gasteiger charge is 2.08. The van der Waals surface area contributed by atoms with Crippen molar-refractivity contribution < 1.29 is 9.47 Å². The van der Waals surface area contributed by atoms with Gasteiger partial charge in [-0.1, -0.05) is 32.8 Å². The lowest BCUT2D eigenvalue weighted by Gasteiger charge is -2.16. The molecule has 0 radical (unpaired) electrons. The van der Waals surface area contributed by atoms with Crippen molar-refractivity contribution in [2.45, 2.75) is 53.2 Å². The lowest BCUT2D eigenvalue weighted by atomic mass is 10.0. The standard InChI is InChI=1S/C17H29NO2/c1-6-14(7-2)11-18-12-15-8-9-16(20-13(3)4)17(10-15)19-5/h8-10,13-14,18H,6-7,11-12H2,1-5H3. The zero-order valence-electron chi connectivity index (χ0n) is 13.5. The van der Waals surface area contributed by atoms with E-state index in [2.05, 4.69) is 31.3 Å². The first-order valence-corrected chi connectivity index (χ1v) is 7.64. The summed E-state index contributed by atoms with van der Waals surface area (Å²) < 4.78 is 11.1. The first-order valence-electron chi connectivity index (χ1n) is 7.64. The van der Waals surface area contributed by atoms with Gasteiger partial charge in [-0.25, -0.2) is 0 Å². The van der Waals surface area contributed by atoms with E-state index in [1.165, 1.54) is 18.4 Å². The molecule has 0 aliphatic carbocycles. The lowest BCUT2D eigenvalue weighted by Crippen LogP contribution is -2.21. The van der Waals surface area contributed by atoms with Gasteiger partial charge in [0.15, 0.2) is 11.5 Å². The monoisotopic (exact) mass is 279 g/mol. The van der Waals surface area contributed by atoms with Gasteiger partial charge in [0.25, 0.3) is 0 Å². The Morgan fingerprint density at radius 2 is 1.80 bits per heavy atom. The molecular weight excluding hydrogens is 250 g/mol. The fraction of sp³-hybridized carbons (Fsp3) is 0.647. The topological polar surface area (TPSA) is 30.5 Å². The van der Waals surface area contributed by atoms with Crippen molar-refractivity contribution in [1.29, 1.82) is 0 Å². The molecule has 0 aliphatic rings. The Hall–Kier alpha value is -1.22. The van der Waals surface area contributed by atoms with E-state index in [0.717, 1.165) is 30.5 Å². The van der Waals surface area contributed by atoms with E-state index < -0.39 is 0 Å². The van der Waals surface area contributed by atoms with E-state index in [-0.39, 0.29) is 6.10 Å². The Labute approximate surface area is 123 Å². The first kappa shape index (κ1) is 16.8. The smallest absolute Gasteiger partial charge is 0.161 e. The molecule has 1 N–H and O–H groups in total. The summed E-state index contributed by atoms with van der Waals surface area (Å²) in [6.45, 7) is 10.5. The molecule has 0 bridgehead atoms. The van der Waals surface area contributed by atoms with E-state index in [9.17, 15) is 0 Å². The summed E-state index contributed by atoms with van der Waals surface area (Å²) in [5.74, 6) is 2.38. The van der Waals surface area contributed by atoms with E-state index in [0.29, 0.717) is 0 Å². The van der Waals surface area contributed by atoms with Crippen LogP contribution in [0.15, 0.2) is 18.2 Å². The number of methoxy groups -OCH3 is 1. The maximum Gasteiger partial charge on any atom is 0.161 e. The van der Waals surface area contributed by atoms with Gasteiger partial charge in [-0.2, -0.15) is 0 Å². The van der Waals surface area contributed by atoms with Gasteiger partial charge in [0.05, 0.1) is 13.2 Å². The van der Waals surface area contributed by atoms with E-state index in [4.69, 9.17) is 9.47 Å². The molecule has 3 nitrogen and oxygen atoms in total. The molecule has 3 heteroatoms. The number of hydrogen-bond donors (Lipinski definition) is 1. The summed E-state index contributed by atoms with van der Waals surface area (Å²) in [5, 5.41) is 3.52. The molecule has 0 aliphatic heterocycles. The number of hydrogen-bond acceptors (Lipinski definition) is 3. The van der Waals surface area contributed by atoms with E-state index in [1.54, 1.807) is 7.11 Å². The van der Waals surface area contributed by atoms with Gasteiger partial charge >= 0.3 is 0 Å². The van der Waals surface area contributed by atoms with Gasteiger partial charge in [-0.3, -0.25) is 0 Å². The highest BCUT2D eigenvalue weighted by Crippen LogP contribution is 2.28. The van der Waals surface area contributed by atoms with Crippen molar-refractivity contribution in [3.05, 3.63) is 23.8 Å². The minimum absolute atomic E-state index is 0.155. The highest BCUT2D eigenvalue weighted by atomic mass is 16.5. The Kier molecular flexibility index (Phi) is 7.45. The third-order valence-electron chi connectivity index (χ3n) is 3.51. The summed E-state index contributed by atoms with van der Waals surface area (Å²) in [7, 11) is 1.68. The first-order chi connectivity index (χ1) is 9.60. The number of nitrogens with one attached hydrogen (secondary N) is 1. The Morgan fingerprint density at radius 3 is 2.35 bits per heavy atom. The third kappa shape index (κ3) is 5.41. The van der Waals surface area contributed by atoms with Crippen LogP contribution in [0.2, 0.25) is 0 Å². The summed E-state index contributed by atoms with van der Waals surface area (Å²) in [4.78, 5) is 0. The van der Waals surface area contributed by atoms with Gasteiger partial charge in [0.1, 0.15) is 0 Å². The molecular formula is C17H29NO2. The van der Waals surface area contributed by atoms with Crippen molar-refractivity contribution in [2.24, 2.45) is 5.92 Å². The van der Waals surface area contributed by atoms with E-state index >= 15 is 0 Å². The second-order valence-electron chi connectivity index (χ2n) is 5.47. The molecule has 0 heterocycles. The van der Waals surface area contributed by atoms with Crippen molar-refractivity contribution in [3.63, 3.8) is 0 Å². The summed E-state index contributed by atoms with van der Waals surface area (Å²) in [6.07, 6.45) is 2.62. The van der Waals surface area contributed by atoms with Crippen LogP contribution in [-0.4, -0.2) is 19.8 Å². The molecule has 0 spiro atoms. The normalized spacial score (nSPS) is 11.2. The second-order valence-corrected chi connectivity index (χ2v) is 5.47. The van der Waals surface area contributed by atoms with Crippen LogP contribution in [0.25, 0.3) is 0 Å². The lowest BCUT2D eigenvalue weighted by molar-refractivity contribution is 0.230. The maximum atomic E-state index is 5.72. The Bertz CT molecular complexity index is 387. The van der Waals surface area contributed by atoms with Gasteiger partial charge in [-0.15, -0.1) is 0 Å². The molecule has 0 amide bonds. The van der Waals surface area contributed by atoms with Crippen LogP contribution >= 0.6 is 0 Å². The fourth-order valence-corrected chi connectivity index (χ4v) is 2.17. The summed E-state index contributed by atoms with van der Waals surface area (Å²) >= 11 is 0. The Morgan fingerprint density at radius 1 is 1.10 bits per heavy atom. The zero-order valence-corrected chi connectivity index (χ0v) is 13.5. The van der Waals surface area contributed by atoms with Crippen LogP contribution in [0, 0.1) is 5.92 Å². The minimum atomic E-state index is 0.155. The molecule has 1 aromatic rings. The molecule has 1 rings (SSSR count). The average Bonchev–Trinajstić information content (AvgIpc) is 2.44. The van der Waals surface area contributed by atoms with Crippen molar-refractivity contribution >= 4 is 0 Å². The molecule has 0 aromatic heterocycles. The zero-order chi connectivity index (χ0) is 15.0. The van der Waals surface area contributed by atoms with Crippen LogP contribution in [0.1, 0.15) is 46.1 Å². The van der Waals surface area contributed by atoms with Crippen molar-refractivity contribution in [1.82, 2.24) is 5.32 Å². The summed E-state index contributed by atoms with van der Waals surface area (Å²) in [5.41, 5.74) is 1.23. The molecule has 0 fully saturated rings. The van der Waals surface area contributed by atoms with Crippen LogP contribution < -0.4 is 14.8 Å². The van der Waals surface area contributed by atoms with Crippen LogP contribution in [0.3, 0.4) is 0 Å². The molecule has 0 saturated heterocycles. The third-order valence-corrected chi connectivity index (χ3v) is 3.51. The second kappa shape index (κ2) is 8.85. The van der Waals surface area contributed by atoms with Gasteiger partial charge < -0.3 is 14.8 Å². The average molecular weight is 279 g/mol. The van der Waals surface area contributed by atoms with Crippen LogP contribution in [0.4, 0.5) is 0 Å². The van der Waals surface area contributed by atoms with Gasteiger partial charge in [0.2, 0.25) is 0 Å². The summed E-state index contributed by atoms with van der Waals surface area (Å²) in [6, 6.07) is 6.14. The molecule has 1 aromatic carbocycles. The molecule has 0 unspecified atom stereocenters. The quantitative estimate of drug-likeness (QED) is 0.741. The van der Waals surface area contributed by atoms with E-state index in [1.807, 2.05) is 19.9 Å². The van der Waals surface area contributed by atoms with Gasteiger partial charge in [-0.05, 0) is 44.0 Å². The van der Waals surface area contributed by atoms with Crippen LogP contribution in [-0.2, 0) is 6.54 Å². The highest BCUT2D eigenvalue weighted by molar-refractivity contribution is 5.43. The minimum Gasteiger partial charge on any atom is -0.493 e. The molecule has 20 heavy (non-hydrogen) atoms. The number of rotatable bonds is 9. The fourth-order valence-electron chi connectivity index (χ4n) is 2.17. The number of benzene rings is 1.